The number of carboxylic acid groups (broad SMARTS) is 1. The summed E-state index contributed by atoms with van der Waals surface area (Å²) in [6.07, 6.45) is 26.1. The van der Waals surface area contributed by atoms with E-state index in [1.54, 1.807) is 0 Å². The molecule has 0 aliphatic carbocycles. The fourth-order valence-corrected chi connectivity index (χ4v) is 4.16. The summed E-state index contributed by atoms with van der Waals surface area (Å²) in [4.78, 5) is 44.8. The van der Waals surface area contributed by atoms with Gasteiger partial charge in [0, 0.05) is 12.8 Å². The van der Waals surface area contributed by atoms with Crippen LogP contribution in [0.15, 0.2) is 48.6 Å². The minimum atomic E-state index is -4.69. The minimum Gasteiger partial charge on any atom is -0.480 e. The zero-order valence-corrected chi connectivity index (χ0v) is 26.7. The van der Waals surface area contributed by atoms with Gasteiger partial charge in [-0.05, 0) is 51.4 Å². The lowest BCUT2D eigenvalue weighted by Gasteiger charge is -2.20. The second-order valence-electron chi connectivity index (χ2n) is 9.86. The van der Waals surface area contributed by atoms with Crippen LogP contribution in [0.2, 0.25) is 0 Å². The SMILES string of the molecule is CC/C=C\C/C=C\C/C=C\C/C=C\CCCCCCC(=O)OC(COC(=O)CCCC)COP(=O)(O)OCC(N)C(=O)O. The van der Waals surface area contributed by atoms with Crippen LogP contribution in [-0.2, 0) is 37.5 Å². The third-order valence-corrected chi connectivity index (χ3v) is 6.79. The van der Waals surface area contributed by atoms with E-state index >= 15 is 0 Å². The summed E-state index contributed by atoms with van der Waals surface area (Å²) < 4.78 is 31.9. The maximum absolute atomic E-state index is 12.4. The highest BCUT2D eigenvalue weighted by Gasteiger charge is 2.28. The molecule has 0 radical (unpaired) electrons. The first-order valence-electron chi connectivity index (χ1n) is 15.2. The van der Waals surface area contributed by atoms with Crippen LogP contribution in [0, 0.1) is 0 Å². The smallest absolute Gasteiger partial charge is 0.472 e. The molecule has 3 unspecified atom stereocenters. The molecule has 0 aromatic heterocycles. The van der Waals surface area contributed by atoms with E-state index in [9.17, 15) is 23.8 Å². The lowest BCUT2D eigenvalue weighted by Crippen LogP contribution is -2.34. The van der Waals surface area contributed by atoms with Crippen molar-refractivity contribution in [1.29, 1.82) is 0 Å². The van der Waals surface area contributed by atoms with Gasteiger partial charge in [-0.2, -0.15) is 0 Å². The van der Waals surface area contributed by atoms with Crippen molar-refractivity contribution in [3.63, 3.8) is 0 Å². The number of nitrogens with two attached hydrogens (primary N) is 1. The normalized spacial score (nSPS) is 14.9. The predicted octanol–water partition coefficient (Wildman–Crippen LogP) is 6.32. The van der Waals surface area contributed by atoms with Crippen molar-refractivity contribution in [3.8, 4) is 0 Å². The van der Waals surface area contributed by atoms with E-state index in [0.29, 0.717) is 12.8 Å². The summed E-state index contributed by atoms with van der Waals surface area (Å²) in [7, 11) is -4.69. The van der Waals surface area contributed by atoms with Gasteiger partial charge in [0.15, 0.2) is 6.10 Å². The van der Waals surface area contributed by atoms with Crippen LogP contribution in [0.4, 0.5) is 0 Å². The Bertz CT molecular complexity index is 932. The fraction of sp³-hybridized carbons (Fsp3) is 0.645. The average Bonchev–Trinajstić information content (AvgIpc) is 2.97. The molecule has 0 aromatic carbocycles. The molecule has 0 rings (SSSR count). The number of hydrogen-bond acceptors (Lipinski definition) is 9. The van der Waals surface area contributed by atoms with Gasteiger partial charge in [-0.25, -0.2) is 4.57 Å². The molecule has 4 N–H and O–H groups in total. The maximum Gasteiger partial charge on any atom is 0.472 e. The zero-order valence-electron chi connectivity index (χ0n) is 25.8. The van der Waals surface area contributed by atoms with Crippen LogP contribution in [-0.4, -0.2) is 59.9 Å². The largest absolute Gasteiger partial charge is 0.480 e. The molecule has 0 saturated heterocycles. The lowest BCUT2D eigenvalue weighted by atomic mass is 10.1. The van der Waals surface area contributed by atoms with Crippen molar-refractivity contribution in [3.05, 3.63) is 48.6 Å². The molecule has 0 aromatic rings. The van der Waals surface area contributed by atoms with Crippen molar-refractivity contribution >= 4 is 25.7 Å². The van der Waals surface area contributed by atoms with Crippen LogP contribution >= 0.6 is 7.82 Å². The monoisotopic (exact) mass is 629 g/mol. The van der Waals surface area contributed by atoms with E-state index in [4.69, 9.17) is 24.8 Å². The molecule has 0 saturated carbocycles. The summed E-state index contributed by atoms with van der Waals surface area (Å²) in [5.41, 5.74) is 5.25. The van der Waals surface area contributed by atoms with Gasteiger partial charge in [-0.15, -0.1) is 0 Å². The number of rotatable bonds is 27. The first-order chi connectivity index (χ1) is 20.6. The summed E-state index contributed by atoms with van der Waals surface area (Å²) in [6, 6.07) is -1.52. The van der Waals surface area contributed by atoms with E-state index in [1.165, 1.54) is 0 Å². The number of ether oxygens (including phenoxy) is 2. The highest BCUT2D eigenvalue weighted by molar-refractivity contribution is 7.47. The number of allylic oxidation sites excluding steroid dienone is 8. The first kappa shape index (κ1) is 40.4. The highest BCUT2D eigenvalue weighted by Crippen LogP contribution is 2.43. The topological polar surface area (TPSA) is 172 Å². The number of carboxylic acids is 1. The van der Waals surface area contributed by atoms with Crippen molar-refractivity contribution in [2.45, 2.75) is 109 Å². The van der Waals surface area contributed by atoms with Gasteiger partial charge in [0.1, 0.15) is 12.6 Å². The second kappa shape index (κ2) is 27.0. The third kappa shape index (κ3) is 26.8. The van der Waals surface area contributed by atoms with E-state index in [1.807, 2.05) is 6.92 Å². The summed E-state index contributed by atoms with van der Waals surface area (Å²) in [5.74, 6) is -2.47. The molecule has 0 fully saturated rings. The molecule has 0 heterocycles. The number of carbonyl (C=O) groups is 3. The van der Waals surface area contributed by atoms with Crippen molar-refractivity contribution in [1.82, 2.24) is 0 Å². The highest BCUT2D eigenvalue weighted by atomic mass is 31.2. The van der Waals surface area contributed by atoms with Crippen molar-refractivity contribution in [2.24, 2.45) is 5.73 Å². The predicted molar refractivity (Wildman–Crippen MR) is 166 cm³/mol. The summed E-state index contributed by atoms with van der Waals surface area (Å²) in [5, 5.41) is 8.76. The quantitative estimate of drug-likeness (QED) is 0.0402. The van der Waals surface area contributed by atoms with Gasteiger partial charge in [0.05, 0.1) is 13.2 Å². The number of phosphoric acid groups is 1. The van der Waals surface area contributed by atoms with Gasteiger partial charge in [-0.3, -0.25) is 23.4 Å². The van der Waals surface area contributed by atoms with Crippen molar-refractivity contribution in [2.75, 3.05) is 19.8 Å². The molecule has 0 aliphatic rings. The number of esters is 2. The Morgan fingerprint density at radius 3 is 1.91 bits per heavy atom. The summed E-state index contributed by atoms with van der Waals surface area (Å²) >= 11 is 0. The molecule has 11 nitrogen and oxygen atoms in total. The lowest BCUT2D eigenvalue weighted by molar-refractivity contribution is -0.161. The molecule has 0 bridgehead atoms. The van der Waals surface area contributed by atoms with Crippen LogP contribution in [0.3, 0.4) is 0 Å². The van der Waals surface area contributed by atoms with Gasteiger partial charge in [0.2, 0.25) is 0 Å². The molecule has 43 heavy (non-hydrogen) atoms. The standard InChI is InChI=1S/C31H52NO10P/c1-3-5-7-8-9-10-11-12-13-14-15-16-17-18-19-20-21-23-30(34)42-27(24-39-29(33)22-6-4-2)25-40-43(37,38)41-26-28(32)31(35)36/h5,7,9-10,12-13,15-16,27-28H,3-4,6,8,11,14,17-26,32H2,1-2H3,(H,35,36)(H,37,38)/b7-5-,10-9-,13-12-,16-15-. The Balaban J connectivity index is 4.35. The number of hydrogen-bond donors (Lipinski definition) is 3. The van der Waals surface area contributed by atoms with Gasteiger partial charge in [-0.1, -0.05) is 81.7 Å². The van der Waals surface area contributed by atoms with E-state index in [2.05, 4.69) is 60.1 Å². The number of aliphatic carboxylic acids is 1. The number of phosphoric ester groups is 1. The first-order valence-corrected chi connectivity index (χ1v) is 16.7. The Labute approximate surface area is 256 Å². The van der Waals surface area contributed by atoms with Gasteiger partial charge < -0.3 is 25.2 Å². The molecule has 246 valence electrons. The Kier molecular flexibility index (Phi) is 25.4. The molecule has 12 heteroatoms. The number of carbonyl (C=O) groups excluding carboxylic acids is 2. The van der Waals surface area contributed by atoms with Crippen LogP contribution < -0.4 is 5.73 Å². The van der Waals surface area contributed by atoms with Crippen LogP contribution in [0.1, 0.15) is 97.3 Å². The molecule has 0 aliphatic heterocycles. The molecule has 0 amide bonds. The maximum atomic E-state index is 12.4. The summed E-state index contributed by atoms with van der Waals surface area (Å²) in [6.45, 7) is 2.32. The number of unbranched alkanes of at least 4 members (excludes halogenated alkanes) is 5. The molecular weight excluding hydrogens is 577 g/mol. The zero-order chi connectivity index (χ0) is 32.2. The molecule has 0 spiro atoms. The fourth-order valence-electron chi connectivity index (χ4n) is 3.38. The average molecular weight is 630 g/mol. The molecular formula is C31H52NO10P. The van der Waals surface area contributed by atoms with E-state index < -0.39 is 51.1 Å². The van der Waals surface area contributed by atoms with Gasteiger partial charge in [0.25, 0.3) is 0 Å². The van der Waals surface area contributed by atoms with E-state index in [-0.39, 0.29) is 19.4 Å². The van der Waals surface area contributed by atoms with Crippen molar-refractivity contribution < 1.29 is 47.5 Å². The minimum absolute atomic E-state index is 0.130. The Morgan fingerprint density at radius 2 is 1.30 bits per heavy atom. The van der Waals surface area contributed by atoms with Crippen LogP contribution in [0.25, 0.3) is 0 Å². The van der Waals surface area contributed by atoms with Gasteiger partial charge >= 0.3 is 25.7 Å². The molecule has 3 atom stereocenters. The Morgan fingerprint density at radius 1 is 0.744 bits per heavy atom. The van der Waals surface area contributed by atoms with E-state index in [0.717, 1.165) is 57.8 Å². The third-order valence-electron chi connectivity index (χ3n) is 5.84. The second-order valence-corrected chi connectivity index (χ2v) is 11.3. The Hall–Kier alpha value is -2.56. The van der Waals surface area contributed by atoms with Crippen LogP contribution in [0.5, 0.6) is 0 Å².